The fourth-order valence-electron chi connectivity index (χ4n) is 0.762. The molecule has 0 aromatic heterocycles. The molecule has 0 aromatic carbocycles. The minimum atomic E-state index is -1.33. The van der Waals surface area contributed by atoms with E-state index in [0.717, 1.165) is 4.90 Å². The van der Waals surface area contributed by atoms with Crippen molar-refractivity contribution in [3.63, 3.8) is 0 Å². The van der Waals surface area contributed by atoms with Crippen LogP contribution < -0.4 is 15.9 Å². The number of nitrogens with zero attached hydrogens (tertiary/aromatic N) is 1. The van der Waals surface area contributed by atoms with Gasteiger partial charge in [0.15, 0.2) is 0 Å². The summed E-state index contributed by atoms with van der Waals surface area (Å²) >= 11 is 0. The van der Waals surface area contributed by atoms with Crippen molar-refractivity contribution >= 4 is 11.9 Å². The second kappa shape index (κ2) is 7.97. The molecule has 0 aliphatic carbocycles. The molecule has 0 aliphatic heterocycles. The van der Waals surface area contributed by atoms with Gasteiger partial charge in [-0.2, -0.15) is 0 Å². The van der Waals surface area contributed by atoms with E-state index in [9.17, 15) is 19.8 Å². The van der Waals surface area contributed by atoms with Gasteiger partial charge in [0.2, 0.25) is 0 Å². The standard InChI is InChI=1S/C6H12N2O4.Ni/c7-1-2-8(3-5(9)10)4-6(11)12;/h1-4,7H2,(H,9,10)(H,11,12);/q;+2/p-2. The van der Waals surface area contributed by atoms with Gasteiger partial charge < -0.3 is 25.5 Å². The van der Waals surface area contributed by atoms with Gasteiger partial charge in [0, 0.05) is 26.2 Å². The maximum atomic E-state index is 10.1. The van der Waals surface area contributed by atoms with Crippen molar-refractivity contribution in [2.24, 2.45) is 5.73 Å². The summed E-state index contributed by atoms with van der Waals surface area (Å²) in [6.07, 6.45) is 0. The predicted octanol–water partition coefficient (Wildman–Crippen LogP) is -4.26. The Morgan fingerprint density at radius 2 is 1.54 bits per heavy atom. The first-order valence-electron chi connectivity index (χ1n) is 3.38. The summed E-state index contributed by atoms with van der Waals surface area (Å²) in [5.74, 6) is -2.66. The SMILES string of the molecule is NCCN(CC(=O)[O-])CC(=O)[O-].[Ni+2]. The Morgan fingerprint density at radius 3 is 1.77 bits per heavy atom. The Kier molecular flexibility index (Phi) is 9.11. The van der Waals surface area contributed by atoms with Gasteiger partial charge >= 0.3 is 16.5 Å². The molecule has 13 heavy (non-hydrogen) atoms. The summed E-state index contributed by atoms with van der Waals surface area (Å²) in [6, 6.07) is 0. The fraction of sp³-hybridized carbons (Fsp3) is 0.667. The molecule has 0 fully saturated rings. The van der Waals surface area contributed by atoms with Crippen molar-refractivity contribution in [2.75, 3.05) is 26.2 Å². The van der Waals surface area contributed by atoms with Crippen LogP contribution in [0, 0.1) is 0 Å². The second-order valence-electron chi connectivity index (χ2n) is 2.24. The van der Waals surface area contributed by atoms with Crippen molar-refractivity contribution in [1.29, 1.82) is 0 Å². The van der Waals surface area contributed by atoms with Crippen LogP contribution in [0.5, 0.6) is 0 Å². The molecule has 0 amide bonds. The zero-order valence-corrected chi connectivity index (χ0v) is 7.79. The number of carboxylic acids is 2. The van der Waals surface area contributed by atoms with E-state index in [1.54, 1.807) is 0 Å². The van der Waals surface area contributed by atoms with E-state index in [2.05, 4.69) is 0 Å². The van der Waals surface area contributed by atoms with E-state index in [0.29, 0.717) is 0 Å². The first-order valence-corrected chi connectivity index (χ1v) is 3.38. The first kappa shape index (κ1) is 14.9. The van der Waals surface area contributed by atoms with Gasteiger partial charge in [-0.05, 0) is 0 Å². The zero-order chi connectivity index (χ0) is 9.56. The van der Waals surface area contributed by atoms with Crippen molar-refractivity contribution < 1.29 is 36.3 Å². The maximum Gasteiger partial charge on any atom is 2.00 e. The number of hydrogen-bond acceptors (Lipinski definition) is 6. The number of aliphatic carboxylic acids is 2. The molecule has 0 rings (SSSR count). The van der Waals surface area contributed by atoms with Crippen LogP contribution >= 0.6 is 0 Å². The molecule has 0 unspecified atom stereocenters. The minimum absolute atomic E-state index is 0. The van der Waals surface area contributed by atoms with Crippen LogP contribution in [-0.4, -0.2) is 43.0 Å². The van der Waals surface area contributed by atoms with E-state index in [1.165, 1.54) is 0 Å². The molecule has 0 radical (unpaired) electrons. The van der Waals surface area contributed by atoms with Gasteiger partial charge in [0.05, 0.1) is 11.9 Å². The van der Waals surface area contributed by atoms with Crippen LogP contribution in [0.15, 0.2) is 0 Å². The smallest absolute Gasteiger partial charge is 0.549 e. The Labute approximate surface area is 85.6 Å². The second-order valence-corrected chi connectivity index (χ2v) is 2.24. The quantitative estimate of drug-likeness (QED) is 0.465. The number of carbonyl (C=O) groups excluding carboxylic acids is 2. The molecule has 0 atom stereocenters. The number of hydrogen-bond donors (Lipinski definition) is 1. The molecular formula is C6H10N2NiO4. The predicted molar refractivity (Wildman–Crippen MR) is 35.5 cm³/mol. The van der Waals surface area contributed by atoms with Crippen LogP contribution in [0.25, 0.3) is 0 Å². The summed E-state index contributed by atoms with van der Waals surface area (Å²) in [4.78, 5) is 21.2. The Hall–Kier alpha value is -0.646. The molecule has 0 heterocycles. The molecule has 0 aromatic rings. The Bertz CT molecular complexity index is 160. The number of nitrogens with two attached hydrogens (primary N) is 1. The zero-order valence-electron chi connectivity index (χ0n) is 6.80. The molecule has 0 bridgehead atoms. The van der Waals surface area contributed by atoms with Gasteiger partial charge in [0.1, 0.15) is 0 Å². The Balaban J connectivity index is 0. The number of rotatable bonds is 6. The van der Waals surface area contributed by atoms with Crippen molar-refractivity contribution in [3.8, 4) is 0 Å². The third kappa shape index (κ3) is 9.27. The molecule has 0 aliphatic rings. The van der Waals surface area contributed by atoms with E-state index in [4.69, 9.17) is 5.73 Å². The molecule has 0 saturated heterocycles. The molecule has 78 valence electrons. The number of carbonyl (C=O) groups is 2. The monoisotopic (exact) mass is 232 g/mol. The molecule has 2 N–H and O–H groups in total. The molecule has 7 heteroatoms. The van der Waals surface area contributed by atoms with Gasteiger partial charge in [-0.1, -0.05) is 0 Å². The minimum Gasteiger partial charge on any atom is -0.549 e. The van der Waals surface area contributed by atoms with Gasteiger partial charge in [0.25, 0.3) is 0 Å². The molecule has 0 spiro atoms. The Morgan fingerprint density at radius 1 is 1.15 bits per heavy atom. The fourth-order valence-corrected chi connectivity index (χ4v) is 0.762. The molecule has 6 nitrogen and oxygen atoms in total. The third-order valence-electron chi connectivity index (χ3n) is 1.15. The largest absolute Gasteiger partial charge is 2.00 e. The average Bonchev–Trinajstić information content (AvgIpc) is 1.84. The average molecular weight is 233 g/mol. The van der Waals surface area contributed by atoms with Crippen molar-refractivity contribution in [1.82, 2.24) is 4.90 Å². The first-order chi connectivity index (χ1) is 5.56. The normalized spacial score (nSPS) is 9.38. The van der Waals surface area contributed by atoms with Crippen LogP contribution in [0.3, 0.4) is 0 Å². The van der Waals surface area contributed by atoms with E-state index in [-0.39, 0.29) is 29.6 Å². The van der Waals surface area contributed by atoms with Gasteiger partial charge in [-0.15, -0.1) is 0 Å². The van der Waals surface area contributed by atoms with E-state index < -0.39 is 25.0 Å². The van der Waals surface area contributed by atoms with Gasteiger partial charge in [-0.25, -0.2) is 0 Å². The van der Waals surface area contributed by atoms with Crippen LogP contribution in [0.2, 0.25) is 0 Å². The van der Waals surface area contributed by atoms with Crippen molar-refractivity contribution in [2.45, 2.75) is 0 Å². The summed E-state index contributed by atoms with van der Waals surface area (Å²) in [6.45, 7) is -0.487. The van der Waals surface area contributed by atoms with Crippen LogP contribution in [-0.2, 0) is 26.1 Å². The summed E-state index contributed by atoms with van der Waals surface area (Å²) in [5.41, 5.74) is 5.11. The topological polar surface area (TPSA) is 110 Å². The number of carboxylic acid groups (broad SMARTS) is 2. The third-order valence-corrected chi connectivity index (χ3v) is 1.15. The maximum absolute atomic E-state index is 10.1. The molecular weight excluding hydrogens is 223 g/mol. The van der Waals surface area contributed by atoms with E-state index in [1.807, 2.05) is 0 Å². The summed E-state index contributed by atoms with van der Waals surface area (Å²) in [5, 5.41) is 20.1. The molecule has 0 saturated carbocycles. The van der Waals surface area contributed by atoms with Gasteiger partial charge in [-0.3, -0.25) is 4.90 Å². The van der Waals surface area contributed by atoms with Crippen LogP contribution in [0.1, 0.15) is 0 Å². The summed E-state index contributed by atoms with van der Waals surface area (Å²) in [7, 11) is 0. The van der Waals surface area contributed by atoms with E-state index >= 15 is 0 Å². The summed E-state index contributed by atoms with van der Waals surface area (Å²) < 4.78 is 0. The van der Waals surface area contributed by atoms with Crippen molar-refractivity contribution in [3.05, 3.63) is 0 Å². The van der Waals surface area contributed by atoms with Crippen LogP contribution in [0.4, 0.5) is 0 Å².